The van der Waals surface area contributed by atoms with Crippen LogP contribution in [0.1, 0.15) is 11.1 Å². The molecule has 0 aliphatic rings. The van der Waals surface area contributed by atoms with Crippen molar-refractivity contribution in [3.8, 4) is 22.5 Å². The third-order valence-electron chi connectivity index (χ3n) is 3.28. The highest BCUT2D eigenvalue weighted by molar-refractivity contribution is 5.78. The Hall–Kier alpha value is -2.48. The van der Waals surface area contributed by atoms with Gasteiger partial charge in [-0.15, -0.1) is 0 Å². The Morgan fingerprint density at radius 1 is 0.650 bits per heavy atom. The summed E-state index contributed by atoms with van der Waals surface area (Å²) in [7, 11) is 0. The topological polar surface area (TPSA) is 25.8 Å². The van der Waals surface area contributed by atoms with Gasteiger partial charge in [0.2, 0.25) is 0 Å². The summed E-state index contributed by atoms with van der Waals surface area (Å²) in [5.74, 6) is 0. The van der Waals surface area contributed by atoms with Crippen molar-refractivity contribution >= 4 is 0 Å². The van der Waals surface area contributed by atoms with E-state index in [-0.39, 0.29) is 0 Å². The van der Waals surface area contributed by atoms with Crippen LogP contribution in [0.25, 0.3) is 22.5 Å². The Labute approximate surface area is 119 Å². The molecular weight excluding hydrogens is 244 g/mol. The number of aromatic nitrogens is 2. The lowest BCUT2D eigenvalue weighted by molar-refractivity contribution is 1.20. The van der Waals surface area contributed by atoms with Crippen molar-refractivity contribution in [3.63, 3.8) is 0 Å². The second-order valence-electron chi connectivity index (χ2n) is 4.99. The van der Waals surface area contributed by atoms with Gasteiger partial charge >= 0.3 is 0 Å². The van der Waals surface area contributed by atoms with Crippen LogP contribution in [-0.4, -0.2) is 9.97 Å². The summed E-state index contributed by atoms with van der Waals surface area (Å²) in [5.41, 5.74) is 6.53. The van der Waals surface area contributed by atoms with Gasteiger partial charge in [0.15, 0.2) is 0 Å². The van der Waals surface area contributed by atoms with E-state index in [1.165, 1.54) is 11.1 Å². The van der Waals surface area contributed by atoms with Gasteiger partial charge in [0.05, 0.1) is 11.4 Å². The van der Waals surface area contributed by atoms with Gasteiger partial charge in [-0.1, -0.05) is 47.5 Å². The van der Waals surface area contributed by atoms with Crippen LogP contribution >= 0.6 is 0 Å². The van der Waals surface area contributed by atoms with Crippen molar-refractivity contribution in [2.75, 3.05) is 0 Å². The lowest BCUT2D eigenvalue weighted by atomic mass is 10.0. The number of rotatable bonds is 2. The molecule has 0 unspecified atom stereocenters. The monoisotopic (exact) mass is 260 g/mol. The summed E-state index contributed by atoms with van der Waals surface area (Å²) in [6, 6.07) is 16.7. The number of hydrogen-bond donors (Lipinski definition) is 0. The summed E-state index contributed by atoms with van der Waals surface area (Å²) in [4.78, 5) is 9.07. The largest absolute Gasteiger partial charge is 0.252 e. The summed E-state index contributed by atoms with van der Waals surface area (Å²) in [6.07, 6.45) is 3.49. The van der Waals surface area contributed by atoms with Crippen molar-refractivity contribution in [2.24, 2.45) is 0 Å². The molecule has 2 heteroatoms. The van der Waals surface area contributed by atoms with Gasteiger partial charge in [-0.3, -0.25) is 9.97 Å². The summed E-state index contributed by atoms with van der Waals surface area (Å²) < 4.78 is 0. The Bertz CT molecular complexity index is 683. The minimum absolute atomic E-state index is 0.932. The zero-order valence-corrected chi connectivity index (χ0v) is 11.7. The van der Waals surface area contributed by atoms with E-state index < -0.39 is 0 Å². The van der Waals surface area contributed by atoms with Crippen molar-refractivity contribution in [1.29, 1.82) is 0 Å². The van der Waals surface area contributed by atoms with Gasteiger partial charge < -0.3 is 0 Å². The Kier molecular flexibility index (Phi) is 3.30. The summed E-state index contributed by atoms with van der Waals surface area (Å²) >= 11 is 0. The molecule has 1 heterocycles. The fraction of sp³-hybridized carbons (Fsp3) is 0.111. The lowest BCUT2D eigenvalue weighted by Crippen LogP contribution is -1.93. The van der Waals surface area contributed by atoms with Crippen LogP contribution in [0.5, 0.6) is 0 Å². The van der Waals surface area contributed by atoms with Crippen molar-refractivity contribution < 1.29 is 0 Å². The van der Waals surface area contributed by atoms with E-state index in [0.29, 0.717) is 0 Å². The second kappa shape index (κ2) is 5.25. The van der Waals surface area contributed by atoms with Gasteiger partial charge in [-0.2, -0.15) is 0 Å². The molecule has 0 N–H and O–H groups in total. The zero-order chi connectivity index (χ0) is 13.9. The van der Waals surface area contributed by atoms with E-state index >= 15 is 0 Å². The van der Waals surface area contributed by atoms with E-state index in [1.54, 1.807) is 12.4 Å². The molecule has 1 aromatic heterocycles. The molecule has 0 saturated heterocycles. The van der Waals surface area contributed by atoms with E-state index in [2.05, 4.69) is 72.3 Å². The predicted molar refractivity (Wildman–Crippen MR) is 82.4 cm³/mol. The second-order valence-corrected chi connectivity index (χ2v) is 4.99. The molecule has 0 saturated carbocycles. The van der Waals surface area contributed by atoms with Crippen LogP contribution in [0, 0.1) is 13.8 Å². The number of benzene rings is 2. The number of nitrogens with zero attached hydrogens (tertiary/aromatic N) is 2. The zero-order valence-electron chi connectivity index (χ0n) is 11.7. The normalized spacial score (nSPS) is 10.5. The molecule has 3 rings (SSSR count). The molecule has 0 radical (unpaired) electrons. The SMILES string of the molecule is Cc1cccc(-c2nccnc2-c2cccc(C)c2)c1. The molecule has 0 bridgehead atoms. The average Bonchev–Trinajstić information content (AvgIpc) is 2.47. The third-order valence-corrected chi connectivity index (χ3v) is 3.28. The van der Waals surface area contributed by atoms with E-state index in [0.717, 1.165) is 22.5 Å². The van der Waals surface area contributed by atoms with Gasteiger partial charge in [0.1, 0.15) is 0 Å². The quantitative estimate of drug-likeness (QED) is 0.681. The van der Waals surface area contributed by atoms with Crippen LogP contribution in [0.15, 0.2) is 60.9 Å². The highest BCUT2D eigenvalue weighted by Crippen LogP contribution is 2.28. The maximum Gasteiger partial charge on any atom is 0.0965 e. The van der Waals surface area contributed by atoms with E-state index in [9.17, 15) is 0 Å². The van der Waals surface area contributed by atoms with Gasteiger partial charge in [-0.05, 0) is 26.0 Å². The van der Waals surface area contributed by atoms with E-state index in [1.807, 2.05) is 0 Å². The van der Waals surface area contributed by atoms with Gasteiger partial charge in [0.25, 0.3) is 0 Å². The molecule has 0 fully saturated rings. The van der Waals surface area contributed by atoms with Crippen molar-refractivity contribution in [2.45, 2.75) is 13.8 Å². The van der Waals surface area contributed by atoms with Crippen LogP contribution in [-0.2, 0) is 0 Å². The number of aryl methyl sites for hydroxylation is 2. The van der Waals surface area contributed by atoms with Gasteiger partial charge in [0, 0.05) is 23.5 Å². The van der Waals surface area contributed by atoms with Crippen LogP contribution in [0.4, 0.5) is 0 Å². The summed E-state index contributed by atoms with van der Waals surface area (Å²) in [6.45, 7) is 4.18. The minimum atomic E-state index is 0.932. The highest BCUT2D eigenvalue weighted by atomic mass is 14.8. The van der Waals surface area contributed by atoms with Crippen LogP contribution in [0.2, 0.25) is 0 Å². The fourth-order valence-electron chi connectivity index (χ4n) is 2.35. The first-order valence-electron chi connectivity index (χ1n) is 6.69. The molecular formula is C18H16N2. The molecule has 2 aromatic carbocycles. The van der Waals surface area contributed by atoms with Crippen LogP contribution < -0.4 is 0 Å². The molecule has 0 aliphatic heterocycles. The highest BCUT2D eigenvalue weighted by Gasteiger charge is 2.10. The molecule has 3 aromatic rings. The molecule has 0 atom stereocenters. The predicted octanol–water partition coefficient (Wildman–Crippen LogP) is 4.43. The Morgan fingerprint density at radius 3 is 1.50 bits per heavy atom. The Balaban J connectivity index is 2.18. The maximum absolute atomic E-state index is 4.53. The molecule has 0 aliphatic carbocycles. The molecule has 2 nitrogen and oxygen atoms in total. The van der Waals surface area contributed by atoms with Gasteiger partial charge in [-0.25, -0.2) is 0 Å². The first kappa shape index (κ1) is 12.5. The number of hydrogen-bond acceptors (Lipinski definition) is 2. The van der Waals surface area contributed by atoms with Crippen molar-refractivity contribution in [3.05, 3.63) is 72.1 Å². The lowest BCUT2D eigenvalue weighted by Gasteiger charge is -2.09. The molecule has 0 amide bonds. The molecule has 0 spiro atoms. The summed E-state index contributed by atoms with van der Waals surface area (Å²) in [5, 5.41) is 0. The smallest absolute Gasteiger partial charge is 0.0965 e. The average molecular weight is 260 g/mol. The molecule has 20 heavy (non-hydrogen) atoms. The first-order valence-corrected chi connectivity index (χ1v) is 6.69. The minimum Gasteiger partial charge on any atom is -0.252 e. The fourth-order valence-corrected chi connectivity index (χ4v) is 2.35. The van der Waals surface area contributed by atoms with Crippen LogP contribution in [0.3, 0.4) is 0 Å². The van der Waals surface area contributed by atoms with E-state index in [4.69, 9.17) is 0 Å². The first-order chi connectivity index (χ1) is 9.74. The Morgan fingerprint density at radius 2 is 1.10 bits per heavy atom. The maximum atomic E-state index is 4.53. The standard InChI is InChI=1S/C18H16N2/c1-13-5-3-7-15(11-13)17-18(20-10-9-19-17)16-8-4-6-14(2)12-16/h3-12H,1-2H3. The van der Waals surface area contributed by atoms with Crippen molar-refractivity contribution in [1.82, 2.24) is 9.97 Å². The third kappa shape index (κ3) is 2.45. The molecule has 98 valence electrons.